The molecular formula is C7H7BrN2OS. The van der Waals surface area contributed by atoms with Crippen LogP contribution in [0, 0.1) is 0 Å². The molecule has 1 unspecified atom stereocenters. The fraction of sp³-hybridized carbons (Fsp3) is 0.429. The van der Waals surface area contributed by atoms with Crippen LogP contribution >= 0.6 is 27.3 Å². The number of rotatable bonds is 0. The molecule has 5 heteroatoms. The Morgan fingerprint density at radius 1 is 1.75 bits per heavy atom. The minimum absolute atomic E-state index is 0.00583. The number of carbonyl (C=O) groups excluding carboxylic acids is 1. The van der Waals surface area contributed by atoms with Crippen LogP contribution < -0.4 is 5.32 Å². The van der Waals surface area contributed by atoms with E-state index >= 15 is 0 Å². The van der Waals surface area contributed by atoms with E-state index in [0.29, 0.717) is 12.5 Å². The largest absolute Gasteiger partial charge is 0.351 e. The second kappa shape index (κ2) is 2.81. The maximum atomic E-state index is 11.3. The van der Waals surface area contributed by atoms with Crippen LogP contribution in [-0.2, 0) is 0 Å². The van der Waals surface area contributed by atoms with Gasteiger partial charge in [0.15, 0.2) is 3.92 Å². The zero-order valence-electron chi connectivity index (χ0n) is 6.43. The molecule has 1 aromatic rings. The maximum absolute atomic E-state index is 11.3. The molecule has 1 aromatic heterocycles. The van der Waals surface area contributed by atoms with Gasteiger partial charge >= 0.3 is 0 Å². The van der Waals surface area contributed by atoms with E-state index in [1.807, 2.05) is 0 Å². The summed E-state index contributed by atoms with van der Waals surface area (Å²) in [6.07, 6.45) is 0. The molecule has 3 nitrogen and oxygen atoms in total. The first-order valence-corrected chi connectivity index (χ1v) is 5.24. The number of aromatic nitrogens is 1. The van der Waals surface area contributed by atoms with Crippen LogP contribution in [0.15, 0.2) is 3.92 Å². The smallest absolute Gasteiger partial charge is 0.263 e. The summed E-state index contributed by atoms with van der Waals surface area (Å²) in [5, 5.41) is 2.81. The summed E-state index contributed by atoms with van der Waals surface area (Å²) in [6, 6.07) is 0. The Hall–Kier alpha value is -0.420. The van der Waals surface area contributed by atoms with Crippen molar-refractivity contribution in [2.24, 2.45) is 0 Å². The monoisotopic (exact) mass is 246 g/mol. The third-order valence-electron chi connectivity index (χ3n) is 1.87. The summed E-state index contributed by atoms with van der Waals surface area (Å²) in [7, 11) is 0. The summed E-state index contributed by atoms with van der Waals surface area (Å²) in [5.41, 5.74) is 0.927. The molecule has 0 fully saturated rings. The third-order valence-corrected chi connectivity index (χ3v) is 3.39. The Balaban J connectivity index is 2.54. The summed E-state index contributed by atoms with van der Waals surface area (Å²) < 4.78 is 0.788. The van der Waals surface area contributed by atoms with E-state index in [4.69, 9.17) is 0 Å². The van der Waals surface area contributed by atoms with E-state index in [9.17, 15) is 4.79 Å². The summed E-state index contributed by atoms with van der Waals surface area (Å²) in [4.78, 5) is 16.3. The van der Waals surface area contributed by atoms with Crippen LogP contribution in [0.4, 0.5) is 0 Å². The number of fused-ring (bicyclic) bond motifs is 1. The van der Waals surface area contributed by atoms with Crippen molar-refractivity contribution < 1.29 is 4.79 Å². The molecule has 0 saturated heterocycles. The molecule has 0 bridgehead atoms. The second-order valence-electron chi connectivity index (χ2n) is 2.79. The number of amides is 1. The van der Waals surface area contributed by atoms with Crippen molar-refractivity contribution in [1.29, 1.82) is 0 Å². The predicted octanol–water partition coefficient (Wildman–Crippen LogP) is 1.75. The van der Waals surface area contributed by atoms with Gasteiger partial charge in [0.25, 0.3) is 5.91 Å². The van der Waals surface area contributed by atoms with Crippen LogP contribution in [0.5, 0.6) is 0 Å². The molecule has 0 spiro atoms. The summed E-state index contributed by atoms with van der Waals surface area (Å²) in [5.74, 6) is 0.339. The quantitative estimate of drug-likeness (QED) is 0.758. The van der Waals surface area contributed by atoms with Crippen LogP contribution in [0.1, 0.15) is 28.2 Å². The molecule has 1 aliphatic rings. The average Bonchev–Trinajstić information content (AvgIpc) is 2.41. The number of carbonyl (C=O) groups is 1. The molecule has 1 aliphatic heterocycles. The molecule has 0 aliphatic carbocycles. The number of hydrogen-bond acceptors (Lipinski definition) is 3. The normalized spacial score (nSPS) is 21.8. The van der Waals surface area contributed by atoms with E-state index in [0.717, 1.165) is 14.5 Å². The van der Waals surface area contributed by atoms with E-state index in [2.05, 4.69) is 33.2 Å². The fourth-order valence-electron chi connectivity index (χ4n) is 1.22. The minimum atomic E-state index is 0.00583. The van der Waals surface area contributed by atoms with Gasteiger partial charge in [-0.2, -0.15) is 0 Å². The van der Waals surface area contributed by atoms with Gasteiger partial charge in [0.2, 0.25) is 0 Å². The van der Waals surface area contributed by atoms with Gasteiger partial charge in [-0.05, 0) is 15.9 Å². The van der Waals surface area contributed by atoms with Crippen molar-refractivity contribution in [2.45, 2.75) is 12.8 Å². The summed E-state index contributed by atoms with van der Waals surface area (Å²) >= 11 is 4.67. The number of hydrogen-bond donors (Lipinski definition) is 1. The highest BCUT2D eigenvalue weighted by atomic mass is 79.9. The zero-order chi connectivity index (χ0) is 8.72. The number of nitrogens with zero attached hydrogens (tertiary/aromatic N) is 1. The van der Waals surface area contributed by atoms with Gasteiger partial charge in [-0.15, -0.1) is 11.3 Å². The Bertz CT molecular complexity index is 336. The highest BCUT2D eigenvalue weighted by molar-refractivity contribution is 9.11. The van der Waals surface area contributed by atoms with Crippen molar-refractivity contribution in [3.05, 3.63) is 14.5 Å². The summed E-state index contributed by atoms with van der Waals surface area (Å²) in [6.45, 7) is 2.76. The first-order valence-electron chi connectivity index (χ1n) is 3.63. The molecule has 0 radical (unpaired) electrons. The predicted molar refractivity (Wildman–Crippen MR) is 50.6 cm³/mol. The van der Waals surface area contributed by atoms with Crippen molar-refractivity contribution >= 4 is 33.2 Å². The molecule has 0 aromatic carbocycles. The molecule has 0 saturated carbocycles. The Labute approximate surface area is 82.3 Å². The van der Waals surface area contributed by atoms with Crippen molar-refractivity contribution in [2.75, 3.05) is 6.54 Å². The highest BCUT2D eigenvalue weighted by Crippen LogP contribution is 2.30. The van der Waals surface area contributed by atoms with Gasteiger partial charge < -0.3 is 5.32 Å². The second-order valence-corrected chi connectivity index (χ2v) is 5.07. The SMILES string of the molecule is CC1CNC(=O)c2sc(Br)nc21. The Morgan fingerprint density at radius 2 is 2.50 bits per heavy atom. The lowest BCUT2D eigenvalue weighted by Gasteiger charge is -2.16. The van der Waals surface area contributed by atoms with Gasteiger partial charge in [-0.1, -0.05) is 6.92 Å². The topological polar surface area (TPSA) is 42.0 Å². The van der Waals surface area contributed by atoms with Crippen molar-refractivity contribution in [3.63, 3.8) is 0 Å². The first-order chi connectivity index (χ1) is 5.68. The Morgan fingerprint density at radius 3 is 3.17 bits per heavy atom. The average molecular weight is 247 g/mol. The molecule has 12 heavy (non-hydrogen) atoms. The lowest BCUT2D eigenvalue weighted by atomic mass is 10.0. The first kappa shape index (κ1) is 8.19. The highest BCUT2D eigenvalue weighted by Gasteiger charge is 2.26. The molecule has 64 valence electrons. The third kappa shape index (κ3) is 1.17. The molecule has 1 amide bonds. The van der Waals surface area contributed by atoms with Crippen molar-refractivity contribution in [3.8, 4) is 0 Å². The van der Waals surface area contributed by atoms with Gasteiger partial charge in [-0.3, -0.25) is 4.79 Å². The lowest BCUT2D eigenvalue weighted by Crippen LogP contribution is -2.33. The van der Waals surface area contributed by atoms with E-state index in [-0.39, 0.29) is 5.91 Å². The van der Waals surface area contributed by atoms with Crippen LogP contribution in [0.3, 0.4) is 0 Å². The van der Waals surface area contributed by atoms with Crippen LogP contribution in [-0.4, -0.2) is 17.4 Å². The minimum Gasteiger partial charge on any atom is -0.351 e. The zero-order valence-corrected chi connectivity index (χ0v) is 8.83. The van der Waals surface area contributed by atoms with Gasteiger partial charge in [0, 0.05) is 12.5 Å². The lowest BCUT2D eigenvalue weighted by molar-refractivity contribution is 0.0945. The van der Waals surface area contributed by atoms with E-state index in [1.165, 1.54) is 11.3 Å². The molecule has 2 heterocycles. The molecular weight excluding hydrogens is 240 g/mol. The number of halogens is 1. The van der Waals surface area contributed by atoms with E-state index < -0.39 is 0 Å². The fourth-order valence-corrected chi connectivity index (χ4v) is 2.73. The number of thiazole rings is 1. The van der Waals surface area contributed by atoms with Gasteiger partial charge in [0.05, 0.1) is 5.69 Å². The van der Waals surface area contributed by atoms with Gasteiger partial charge in [0.1, 0.15) is 4.88 Å². The van der Waals surface area contributed by atoms with Crippen molar-refractivity contribution in [1.82, 2.24) is 10.3 Å². The molecule has 1 N–H and O–H groups in total. The van der Waals surface area contributed by atoms with Crippen LogP contribution in [0.25, 0.3) is 0 Å². The Kier molecular flexibility index (Phi) is 1.92. The molecule has 2 rings (SSSR count). The maximum Gasteiger partial charge on any atom is 0.263 e. The molecule has 1 atom stereocenters. The van der Waals surface area contributed by atoms with E-state index in [1.54, 1.807) is 0 Å². The standard InChI is InChI=1S/C7H7BrN2OS/c1-3-2-9-6(11)5-4(3)10-7(8)12-5/h3H,2H2,1H3,(H,9,11). The van der Waals surface area contributed by atoms with Gasteiger partial charge in [-0.25, -0.2) is 4.98 Å². The van der Waals surface area contributed by atoms with Crippen LogP contribution in [0.2, 0.25) is 0 Å². The number of nitrogens with one attached hydrogen (secondary N) is 1.